The minimum Gasteiger partial charge on any atom is -0.497 e. The standard InChI is InChI=1S/C23H29N3O4S/c1-6-17(2)18-7-10-22(11-8-18)31(27,28)26(20-14-24-25(3)16-20)15-19-13-21(29-4)9-12-23(19)30-5/h7-14,16-17H,6,15H2,1-5H3/t17-/m1/s1. The van der Waals surface area contributed by atoms with Gasteiger partial charge < -0.3 is 9.47 Å². The Balaban J connectivity index is 2.06. The maximum Gasteiger partial charge on any atom is 0.264 e. The third kappa shape index (κ3) is 4.85. The molecule has 1 aromatic heterocycles. The van der Waals surface area contributed by atoms with E-state index in [2.05, 4.69) is 18.9 Å². The Morgan fingerprint density at radius 3 is 2.35 bits per heavy atom. The summed E-state index contributed by atoms with van der Waals surface area (Å²) in [5.74, 6) is 1.57. The van der Waals surface area contributed by atoms with Gasteiger partial charge in [0, 0.05) is 18.8 Å². The zero-order valence-electron chi connectivity index (χ0n) is 18.6. The average Bonchev–Trinajstić information content (AvgIpc) is 3.22. The van der Waals surface area contributed by atoms with Gasteiger partial charge in [0.25, 0.3) is 10.0 Å². The molecule has 0 aliphatic carbocycles. The first-order valence-corrected chi connectivity index (χ1v) is 11.6. The van der Waals surface area contributed by atoms with Crippen molar-refractivity contribution in [2.45, 2.75) is 37.6 Å². The van der Waals surface area contributed by atoms with Crippen LogP contribution in [0.2, 0.25) is 0 Å². The van der Waals surface area contributed by atoms with E-state index in [1.807, 2.05) is 12.1 Å². The van der Waals surface area contributed by atoms with Crippen molar-refractivity contribution in [3.05, 3.63) is 66.0 Å². The third-order valence-corrected chi connectivity index (χ3v) is 7.22. The lowest BCUT2D eigenvalue weighted by atomic mass is 9.99. The lowest BCUT2D eigenvalue weighted by molar-refractivity contribution is 0.399. The maximum absolute atomic E-state index is 13.7. The Morgan fingerprint density at radius 1 is 1.10 bits per heavy atom. The Hall–Kier alpha value is -3.00. The number of hydrogen-bond acceptors (Lipinski definition) is 5. The fourth-order valence-corrected chi connectivity index (χ4v) is 4.76. The van der Waals surface area contributed by atoms with Gasteiger partial charge in [0.05, 0.1) is 37.5 Å². The Morgan fingerprint density at radius 2 is 1.81 bits per heavy atom. The van der Waals surface area contributed by atoms with Crippen LogP contribution in [-0.4, -0.2) is 32.4 Å². The van der Waals surface area contributed by atoms with Crippen molar-refractivity contribution in [2.24, 2.45) is 7.05 Å². The second kappa shape index (κ2) is 9.43. The summed E-state index contributed by atoms with van der Waals surface area (Å²) >= 11 is 0. The van der Waals surface area contributed by atoms with E-state index in [4.69, 9.17) is 9.47 Å². The normalized spacial score (nSPS) is 12.4. The minimum atomic E-state index is -3.85. The highest BCUT2D eigenvalue weighted by atomic mass is 32.2. The molecule has 0 fully saturated rings. The first-order valence-electron chi connectivity index (χ1n) is 10.1. The fraction of sp³-hybridized carbons (Fsp3) is 0.348. The molecule has 0 radical (unpaired) electrons. The molecule has 0 amide bonds. The van der Waals surface area contributed by atoms with Crippen molar-refractivity contribution in [3.8, 4) is 11.5 Å². The molecule has 3 aromatic rings. The van der Waals surface area contributed by atoms with E-state index < -0.39 is 10.0 Å². The predicted octanol–water partition coefficient (Wildman–Crippen LogP) is 4.35. The predicted molar refractivity (Wildman–Crippen MR) is 121 cm³/mol. The molecule has 1 heterocycles. The average molecular weight is 444 g/mol. The van der Waals surface area contributed by atoms with E-state index in [9.17, 15) is 8.42 Å². The van der Waals surface area contributed by atoms with Crippen LogP contribution in [0.3, 0.4) is 0 Å². The molecule has 31 heavy (non-hydrogen) atoms. The van der Waals surface area contributed by atoms with Crippen molar-refractivity contribution in [1.29, 1.82) is 0 Å². The quantitative estimate of drug-likeness (QED) is 0.492. The summed E-state index contributed by atoms with van der Waals surface area (Å²) in [5, 5.41) is 4.17. The van der Waals surface area contributed by atoms with Crippen molar-refractivity contribution < 1.29 is 17.9 Å². The highest BCUT2D eigenvalue weighted by Gasteiger charge is 2.27. The molecule has 0 saturated carbocycles. The lowest BCUT2D eigenvalue weighted by Crippen LogP contribution is -2.30. The van der Waals surface area contributed by atoms with Crippen LogP contribution in [0, 0.1) is 0 Å². The van der Waals surface area contributed by atoms with Crippen LogP contribution < -0.4 is 13.8 Å². The van der Waals surface area contributed by atoms with Crippen LogP contribution in [0.5, 0.6) is 11.5 Å². The number of anilines is 1. The fourth-order valence-electron chi connectivity index (χ4n) is 3.34. The van der Waals surface area contributed by atoms with Crippen LogP contribution in [0.25, 0.3) is 0 Å². The summed E-state index contributed by atoms with van der Waals surface area (Å²) < 4.78 is 41.0. The summed E-state index contributed by atoms with van der Waals surface area (Å²) in [6, 6.07) is 12.4. The van der Waals surface area contributed by atoms with Crippen LogP contribution in [0.1, 0.15) is 37.3 Å². The van der Waals surface area contributed by atoms with Gasteiger partial charge in [0.15, 0.2) is 0 Å². The molecule has 0 aliphatic heterocycles. The van der Waals surface area contributed by atoms with Gasteiger partial charge >= 0.3 is 0 Å². The smallest absolute Gasteiger partial charge is 0.264 e. The maximum atomic E-state index is 13.7. The van der Waals surface area contributed by atoms with E-state index in [1.54, 1.807) is 62.5 Å². The van der Waals surface area contributed by atoms with Gasteiger partial charge in [-0.05, 0) is 48.2 Å². The molecule has 7 nitrogen and oxygen atoms in total. The molecule has 0 unspecified atom stereocenters. The number of ether oxygens (including phenoxy) is 2. The van der Waals surface area contributed by atoms with Gasteiger partial charge in [-0.25, -0.2) is 8.42 Å². The third-order valence-electron chi connectivity index (χ3n) is 5.43. The molecule has 0 bridgehead atoms. The molecule has 0 spiro atoms. The number of rotatable bonds is 9. The van der Waals surface area contributed by atoms with Gasteiger partial charge in [0.1, 0.15) is 11.5 Å². The van der Waals surface area contributed by atoms with Crippen LogP contribution in [-0.2, 0) is 23.6 Å². The summed E-state index contributed by atoms with van der Waals surface area (Å²) in [4.78, 5) is 0.227. The first-order chi connectivity index (χ1) is 14.8. The van der Waals surface area contributed by atoms with Crippen LogP contribution >= 0.6 is 0 Å². The molecule has 3 rings (SSSR count). The number of benzene rings is 2. The number of aryl methyl sites for hydroxylation is 1. The van der Waals surface area contributed by atoms with Gasteiger partial charge in [-0.15, -0.1) is 0 Å². The molecule has 8 heteroatoms. The van der Waals surface area contributed by atoms with E-state index in [-0.39, 0.29) is 11.4 Å². The largest absolute Gasteiger partial charge is 0.497 e. The number of sulfonamides is 1. The Bertz CT molecular complexity index is 1120. The monoisotopic (exact) mass is 443 g/mol. The van der Waals surface area contributed by atoms with E-state index in [1.165, 1.54) is 10.5 Å². The number of nitrogens with zero attached hydrogens (tertiary/aromatic N) is 3. The topological polar surface area (TPSA) is 73.7 Å². The van der Waals surface area contributed by atoms with Gasteiger partial charge in [-0.1, -0.05) is 26.0 Å². The first kappa shape index (κ1) is 22.7. The SMILES string of the molecule is CC[C@@H](C)c1ccc(S(=O)(=O)N(Cc2cc(OC)ccc2OC)c2cnn(C)c2)cc1. The molecule has 1 atom stereocenters. The number of methoxy groups -OCH3 is 2. The van der Waals surface area contributed by atoms with Crippen molar-refractivity contribution in [1.82, 2.24) is 9.78 Å². The van der Waals surface area contributed by atoms with Crippen LogP contribution in [0.4, 0.5) is 5.69 Å². The zero-order chi connectivity index (χ0) is 22.6. The van der Waals surface area contributed by atoms with E-state index >= 15 is 0 Å². The summed E-state index contributed by atoms with van der Waals surface area (Å²) in [7, 11) is 1.03. The highest BCUT2D eigenvalue weighted by molar-refractivity contribution is 7.92. The highest BCUT2D eigenvalue weighted by Crippen LogP contribution is 2.31. The van der Waals surface area contributed by atoms with Crippen molar-refractivity contribution in [3.63, 3.8) is 0 Å². The summed E-state index contributed by atoms with van der Waals surface area (Å²) in [6.45, 7) is 4.31. The van der Waals surface area contributed by atoms with Gasteiger partial charge in [0.2, 0.25) is 0 Å². The molecule has 0 aliphatic rings. The molecule has 166 valence electrons. The van der Waals surface area contributed by atoms with Gasteiger partial charge in [-0.2, -0.15) is 5.10 Å². The summed E-state index contributed by atoms with van der Waals surface area (Å²) in [6.07, 6.45) is 4.21. The van der Waals surface area contributed by atoms with Crippen molar-refractivity contribution in [2.75, 3.05) is 18.5 Å². The number of aromatic nitrogens is 2. The molecule has 0 saturated heterocycles. The Kier molecular flexibility index (Phi) is 6.90. The molecular formula is C23H29N3O4S. The molecule has 0 N–H and O–H groups in total. The molecule has 2 aromatic carbocycles. The lowest BCUT2D eigenvalue weighted by Gasteiger charge is -2.24. The number of hydrogen-bond donors (Lipinski definition) is 0. The molecular weight excluding hydrogens is 414 g/mol. The minimum absolute atomic E-state index is 0.0709. The second-order valence-corrected chi connectivity index (χ2v) is 9.30. The van der Waals surface area contributed by atoms with Gasteiger partial charge in [-0.3, -0.25) is 8.99 Å². The second-order valence-electron chi connectivity index (χ2n) is 7.44. The van der Waals surface area contributed by atoms with E-state index in [0.29, 0.717) is 28.7 Å². The Labute approximate surface area is 184 Å². The van der Waals surface area contributed by atoms with Crippen LogP contribution in [0.15, 0.2) is 59.8 Å². The summed E-state index contributed by atoms with van der Waals surface area (Å²) in [5.41, 5.74) is 2.27. The van der Waals surface area contributed by atoms with Crippen molar-refractivity contribution >= 4 is 15.7 Å². The zero-order valence-corrected chi connectivity index (χ0v) is 19.4. The van der Waals surface area contributed by atoms with E-state index in [0.717, 1.165) is 12.0 Å².